The van der Waals surface area contributed by atoms with Gasteiger partial charge in [0.25, 0.3) is 11.8 Å². The summed E-state index contributed by atoms with van der Waals surface area (Å²) >= 11 is 11.9. The van der Waals surface area contributed by atoms with Gasteiger partial charge >= 0.3 is 6.03 Å². The molecule has 2 saturated heterocycles. The Morgan fingerprint density at radius 1 is 0.966 bits per heavy atom. The lowest BCUT2D eigenvalue weighted by molar-refractivity contribution is -0.122. The number of piperidine rings is 1. The van der Waals surface area contributed by atoms with Crippen LogP contribution in [0.4, 0.5) is 16.4 Å². The molecule has 3 heterocycles. The number of hydrogen-bond acceptors (Lipinski definition) is 5. The van der Waals surface area contributed by atoms with Crippen molar-refractivity contribution in [2.24, 2.45) is 0 Å². The maximum Gasteiger partial charge on any atom is 0.335 e. The Morgan fingerprint density at radius 2 is 1.72 bits per heavy atom. The van der Waals surface area contributed by atoms with Crippen molar-refractivity contribution >= 4 is 58.7 Å². The number of benzene rings is 1. The van der Waals surface area contributed by atoms with Gasteiger partial charge in [0.2, 0.25) is 0 Å². The molecular weight excluding hydrogens is 417 g/mol. The number of halogens is 2. The average Bonchev–Trinajstić information content (AvgIpc) is 3.17. The van der Waals surface area contributed by atoms with Crippen molar-refractivity contribution in [3.05, 3.63) is 51.7 Å². The van der Waals surface area contributed by atoms with E-state index in [0.29, 0.717) is 11.6 Å². The number of imide groups is 2. The summed E-state index contributed by atoms with van der Waals surface area (Å²) in [6, 6.07) is 6.97. The molecule has 0 radical (unpaired) electrons. The molecule has 0 spiro atoms. The predicted octanol–water partition coefficient (Wildman–Crippen LogP) is 4.24. The molecule has 2 aliphatic heterocycles. The molecule has 0 atom stereocenters. The molecule has 4 amide bonds. The van der Waals surface area contributed by atoms with Crippen molar-refractivity contribution in [1.82, 2.24) is 5.32 Å². The first kappa shape index (κ1) is 19.5. The van der Waals surface area contributed by atoms with Gasteiger partial charge in [0, 0.05) is 19.2 Å². The molecule has 2 aliphatic rings. The zero-order valence-electron chi connectivity index (χ0n) is 15.3. The topological polar surface area (TPSA) is 82.9 Å². The van der Waals surface area contributed by atoms with Crippen molar-refractivity contribution in [3.8, 4) is 0 Å². The lowest BCUT2D eigenvalue weighted by Gasteiger charge is -2.26. The summed E-state index contributed by atoms with van der Waals surface area (Å²) in [5.41, 5.74) is -0.0102. The van der Waals surface area contributed by atoms with E-state index in [9.17, 15) is 14.4 Å². The molecule has 4 rings (SSSR count). The predicted molar refractivity (Wildman–Crippen MR) is 110 cm³/mol. The van der Waals surface area contributed by atoms with Crippen molar-refractivity contribution in [2.45, 2.75) is 19.3 Å². The summed E-state index contributed by atoms with van der Waals surface area (Å²) in [6.07, 6.45) is 4.72. The second-order valence-electron chi connectivity index (χ2n) is 6.78. The number of carbonyl (C=O) groups excluding carboxylic acids is 3. The molecule has 29 heavy (non-hydrogen) atoms. The van der Waals surface area contributed by atoms with Gasteiger partial charge in [-0.2, -0.15) is 0 Å². The highest BCUT2D eigenvalue weighted by Gasteiger charge is 2.37. The SMILES string of the molecule is O=C1NC(=O)N(c2ccc(Cl)c(Cl)c2)C(=O)/C1=C/c1ccc(N2CCCCC2)o1. The van der Waals surface area contributed by atoms with E-state index in [0.717, 1.165) is 30.8 Å². The van der Waals surface area contributed by atoms with Crippen LogP contribution in [-0.2, 0) is 9.59 Å². The van der Waals surface area contributed by atoms with Crippen LogP contribution < -0.4 is 15.1 Å². The number of nitrogens with zero attached hydrogens (tertiary/aromatic N) is 2. The van der Waals surface area contributed by atoms with E-state index in [-0.39, 0.29) is 21.3 Å². The van der Waals surface area contributed by atoms with E-state index in [2.05, 4.69) is 10.2 Å². The summed E-state index contributed by atoms with van der Waals surface area (Å²) in [6.45, 7) is 1.81. The zero-order chi connectivity index (χ0) is 20.5. The summed E-state index contributed by atoms with van der Waals surface area (Å²) in [5.74, 6) is -0.509. The zero-order valence-corrected chi connectivity index (χ0v) is 16.8. The highest BCUT2D eigenvalue weighted by Crippen LogP contribution is 2.30. The van der Waals surface area contributed by atoms with Crippen molar-refractivity contribution in [2.75, 3.05) is 22.9 Å². The van der Waals surface area contributed by atoms with Gasteiger partial charge in [-0.15, -0.1) is 0 Å². The van der Waals surface area contributed by atoms with Gasteiger partial charge in [0.1, 0.15) is 11.3 Å². The Labute approximate surface area is 176 Å². The molecule has 9 heteroatoms. The second kappa shape index (κ2) is 7.93. The van der Waals surface area contributed by atoms with Crippen LogP contribution in [0.1, 0.15) is 25.0 Å². The molecule has 1 aromatic carbocycles. The molecule has 150 valence electrons. The summed E-state index contributed by atoms with van der Waals surface area (Å²) in [5, 5.41) is 2.63. The second-order valence-corrected chi connectivity index (χ2v) is 7.59. The molecule has 2 aromatic rings. The van der Waals surface area contributed by atoms with Gasteiger partial charge in [0.15, 0.2) is 5.88 Å². The fourth-order valence-corrected chi connectivity index (χ4v) is 3.65. The first-order valence-corrected chi connectivity index (χ1v) is 9.91. The van der Waals surface area contributed by atoms with E-state index in [1.807, 2.05) is 6.07 Å². The van der Waals surface area contributed by atoms with Crippen LogP contribution >= 0.6 is 23.2 Å². The van der Waals surface area contributed by atoms with Gasteiger partial charge in [-0.3, -0.25) is 14.9 Å². The Morgan fingerprint density at radius 3 is 2.45 bits per heavy atom. The number of furan rings is 1. The van der Waals surface area contributed by atoms with Crippen LogP contribution in [0.25, 0.3) is 6.08 Å². The first-order valence-electron chi connectivity index (χ1n) is 9.15. The van der Waals surface area contributed by atoms with Crippen LogP contribution in [0.5, 0.6) is 0 Å². The quantitative estimate of drug-likeness (QED) is 0.577. The first-order chi connectivity index (χ1) is 13.9. The smallest absolute Gasteiger partial charge is 0.335 e. The summed E-state index contributed by atoms with van der Waals surface area (Å²) in [4.78, 5) is 40.4. The van der Waals surface area contributed by atoms with Crippen LogP contribution in [0.2, 0.25) is 10.0 Å². The van der Waals surface area contributed by atoms with Crippen LogP contribution in [0.3, 0.4) is 0 Å². The highest BCUT2D eigenvalue weighted by atomic mass is 35.5. The fourth-order valence-electron chi connectivity index (χ4n) is 3.36. The van der Waals surface area contributed by atoms with Gasteiger partial charge in [-0.1, -0.05) is 23.2 Å². The largest absolute Gasteiger partial charge is 0.441 e. The highest BCUT2D eigenvalue weighted by molar-refractivity contribution is 6.43. The molecule has 2 fully saturated rings. The van der Waals surface area contributed by atoms with Crippen molar-refractivity contribution in [1.29, 1.82) is 0 Å². The molecule has 0 aliphatic carbocycles. The minimum Gasteiger partial charge on any atom is -0.441 e. The van der Waals surface area contributed by atoms with E-state index < -0.39 is 17.8 Å². The van der Waals surface area contributed by atoms with E-state index in [4.69, 9.17) is 27.6 Å². The van der Waals surface area contributed by atoms with Gasteiger partial charge in [-0.05, 0) is 49.6 Å². The van der Waals surface area contributed by atoms with Gasteiger partial charge < -0.3 is 9.32 Å². The van der Waals surface area contributed by atoms with Crippen LogP contribution in [0, 0.1) is 0 Å². The Bertz CT molecular complexity index is 1020. The lowest BCUT2D eigenvalue weighted by atomic mass is 10.1. The summed E-state index contributed by atoms with van der Waals surface area (Å²) in [7, 11) is 0. The van der Waals surface area contributed by atoms with E-state index >= 15 is 0 Å². The minimum atomic E-state index is -0.857. The number of rotatable bonds is 3. The molecule has 1 aromatic heterocycles. The third-order valence-electron chi connectivity index (χ3n) is 4.83. The third kappa shape index (κ3) is 3.88. The molecule has 1 N–H and O–H groups in total. The number of nitrogens with one attached hydrogen (secondary N) is 1. The third-order valence-corrected chi connectivity index (χ3v) is 5.57. The van der Waals surface area contributed by atoms with Crippen LogP contribution in [0.15, 0.2) is 40.3 Å². The fraction of sp³-hybridized carbons (Fsp3) is 0.250. The summed E-state index contributed by atoms with van der Waals surface area (Å²) < 4.78 is 5.80. The van der Waals surface area contributed by atoms with Crippen molar-refractivity contribution < 1.29 is 18.8 Å². The molecule has 7 nitrogen and oxygen atoms in total. The van der Waals surface area contributed by atoms with E-state index in [1.54, 1.807) is 6.07 Å². The average molecular weight is 434 g/mol. The Kier molecular flexibility index (Phi) is 5.34. The van der Waals surface area contributed by atoms with Crippen molar-refractivity contribution in [3.63, 3.8) is 0 Å². The van der Waals surface area contributed by atoms with E-state index in [1.165, 1.54) is 30.7 Å². The van der Waals surface area contributed by atoms with Crippen LogP contribution in [-0.4, -0.2) is 30.9 Å². The standard InChI is InChI=1S/C20H17Cl2N3O4/c21-15-6-4-12(10-16(15)22)25-19(27)14(18(26)23-20(25)28)11-13-5-7-17(29-13)24-8-2-1-3-9-24/h4-7,10-11H,1-3,8-9H2,(H,23,26,28)/b14-11+. The monoisotopic (exact) mass is 433 g/mol. The number of amides is 4. The number of anilines is 2. The minimum absolute atomic E-state index is 0.185. The molecule has 0 unspecified atom stereocenters. The number of carbonyl (C=O) groups is 3. The molecule has 0 bridgehead atoms. The number of barbiturate groups is 1. The molecular formula is C20H17Cl2N3O4. The Hall–Kier alpha value is -2.77. The Balaban J connectivity index is 1.63. The number of urea groups is 1. The lowest BCUT2D eigenvalue weighted by Crippen LogP contribution is -2.54. The molecule has 0 saturated carbocycles. The normalized spacial score (nSPS) is 19.1. The van der Waals surface area contributed by atoms with Gasteiger partial charge in [-0.25, -0.2) is 9.69 Å². The maximum absolute atomic E-state index is 12.9. The van der Waals surface area contributed by atoms with Gasteiger partial charge in [0.05, 0.1) is 15.7 Å². The number of hydrogen-bond donors (Lipinski definition) is 1. The maximum atomic E-state index is 12.9.